The molecule has 0 aromatic carbocycles. The van der Waals surface area contributed by atoms with Gasteiger partial charge in [0.1, 0.15) is 11.9 Å². The Morgan fingerprint density at radius 3 is 2.89 bits per heavy atom. The fraction of sp³-hybridized carbons (Fsp3) is 0.600. The lowest BCUT2D eigenvalue weighted by Gasteiger charge is -2.31. The van der Waals surface area contributed by atoms with E-state index in [-0.39, 0.29) is 17.5 Å². The number of carbonyl (C=O) groups is 1. The lowest BCUT2D eigenvalue weighted by molar-refractivity contribution is -0.126. The van der Waals surface area contributed by atoms with Crippen molar-refractivity contribution in [3.63, 3.8) is 0 Å². The van der Waals surface area contributed by atoms with Crippen LogP contribution >= 0.6 is 0 Å². The minimum absolute atomic E-state index is 0.0425. The summed E-state index contributed by atoms with van der Waals surface area (Å²) in [5.41, 5.74) is 0. The molecule has 1 atom stereocenters. The highest BCUT2D eigenvalue weighted by Gasteiger charge is 2.36. The Bertz CT molecular complexity index is 551. The molecular formula is C10H16N4O3S. The van der Waals surface area contributed by atoms with E-state index in [2.05, 4.69) is 15.3 Å². The molecule has 2 heterocycles. The van der Waals surface area contributed by atoms with Gasteiger partial charge in [-0.2, -0.15) is 4.31 Å². The molecule has 1 aliphatic heterocycles. The molecular weight excluding hydrogens is 256 g/mol. The number of H-pyrrole nitrogens is 1. The average molecular weight is 272 g/mol. The van der Waals surface area contributed by atoms with Gasteiger partial charge in [0.15, 0.2) is 5.03 Å². The van der Waals surface area contributed by atoms with Gasteiger partial charge in [0.2, 0.25) is 5.91 Å². The second kappa shape index (κ2) is 4.69. The number of aryl methyl sites for hydroxylation is 1. The number of nitrogens with zero attached hydrogens (tertiary/aromatic N) is 2. The van der Waals surface area contributed by atoms with Crippen molar-refractivity contribution in [3.05, 3.63) is 12.0 Å². The van der Waals surface area contributed by atoms with Crippen LogP contribution in [0.2, 0.25) is 0 Å². The molecule has 2 N–H and O–H groups in total. The van der Waals surface area contributed by atoms with Crippen molar-refractivity contribution in [2.45, 2.75) is 31.3 Å². The van der Waals surface area contributed by atoms with Gasteiger partial charge in [0, 0.05) is 19.5 Å². The minimum Gasteiger partial charge on any atom is -0.353 e. The van der Waals surface area contributed by atoms with Gasteiger partial charge in [0.25, 0.3) is 10.0 Å². The van der Waals surface area contributed by atoms with E-state index in [9.17, 15) is 13.2 Å². The Kier molecular flexibility index (Phi) is 3.40. The van der Waals surface area contributed by atoms with Crippen LogP contribution in [0.1, 0.15) is 19.7 Å². The van der Waals surface area contributed by atoms with Crippen LogP contribution in [0.15, 0.2) is 11.2 Å². The van der Waals surface area contributed by atoms with Gasteiger partial charge < -0.3 is 10.3 Å². The number of nitrogens with one attached hydrogen (secondary N) is 2. The Labute approximate surface area is 106 Å². The van der Waals surface area contributed by atoms with Crippen LogP contribution in [0.5, 0.6) is 0 Å². The Morgan fingerprint density at radius 1 is 1.56 bits per heavy atom. The highest BCUT2D eigenvalue weighted by molar-refractivity contribution is 7.89. The molecule has 0 spiro atoms. The standard InChI is InChI=1S/C10H16N4O3S/c1-3-8-12-6-9(13-8)18(16,17)14-5-4-11-10(15)7(14)2/h6-7H,3-5H2,1-2H3,(H,11,15)(H,12,13). The second-order valence-corrected chi connectivity index (χ2v) is 5.99. The van der Waals surface area contributed by atoms with Crippen molar-refractivity contribution in [2.24, 2.45) is 0 Å². The molecule has 1 unspecified atom stereocenters. The van der Waals surface area contributed by atoms with Gasteiger partial charge in [-0.05, 0) is 6.92 Å². The van der Waals surface area contributed by atoms with E-state index in [1.165, 1.54) is 10.5 Å². The van der Waals surface area contributed by atoms with Crippen LogP contribution in [0.25, 0.3) is 0 Å². The third-order valence-electron chi connectivity index (χ3n) is 2.97. The number of piperazine rings is 1. The zero-order chi connectivity index (χ0) is 13.3. The molecule has 1 aromatic heterocycles. The first-order valence-electron chi connectivity index (χ1n) is 5.80. The number of hydrogen-bond acceptors (Lipinski definition) is 4. The molecule has 0 saturated carbocycles. The number of sulfonamides is 1. The molecule has 8 heteroatoms. The third-order valence-corrected chi connectivity index (χ3v) is 4.85. The van der Waals surface area contributed by atoms with E-state index in [4.69, 9.17) is 0 Å². The van der Waals surface area contributed by atoms with E-state index in [1.807, 2.05) is 6.92 Å². The summed E-state index contributed by atoms with van der Waals surface area (Å²) in [4.78, 5) is 18.2. The van der Waals surface area contributed by atoms with Crippen molar-refractivity contribution in [1.82, 2.24) is 19.6 Å². The molecule has 0 radical (unpaired) electrons. The lowest BCUT2D eigenvalue weighted by atomic mass is 10.2. The summed E-state index contributed by atoms with van der Waals surface area (Å²) in [5.74, 6) is 0.336. The molecule has 2 rings (SSSR count). The average Bonchev–Trinajstić information content (AvgIpc) is 2.81. The van der Waals surface area contributed by atoms with E-state index in [0.29, 0.717) is 18.8 Å². The number of amides is 1. The van der Waals surface area contributed by atoms with Crippen molar-refractivity contribution >= 4 is 15.9 Å². The summed E-state index contributed by atoms with van der Waals surface area (Å²) in [7, 11) is -3.68. The predicted octanol–water partition coefficient (Wildman–Crippen LogP) is -0.519. The predicted molar refractivity (Wildman–Crippen MR) is 64.3 cm³/mol. The van der Waals surface area contributed by atoms with Crippen LogP contribution in [0.4, 0.5) is 0 Å². The highest BCUT2D eigenvalue weighted by Crippen LogP contribution is 2.18. The van der Waals surface area contributed by atoms with E-state index in [0.717, 1.165) is 0 Å². The van der Waals surface area contributed by atoms with E-state index >= 15 is 0 Å². The smallest absolute Gasteiger partial charge is 0.260 e. The summed E-state index contributed by atoms with van der Waals surface area (Å²) in [6, 6.07) is -0.697. The number of aromatic nitrogens is 2. The fourth-order valence-corrected chi connectivity index (χ4v) is 3.40. The Balaban J connectivity index is 2.33. The van der Waals surface area contributed by atoms with Crippen molar-refractivity contribution in [3.8, 4) is 0 Å². The van der Waals surface area contributed by atoms with Crippen LogP contribution < -0.4 is 5.32 Å². The van der Waals surface area contributed by atoms with Crippen molar-refractivity contribution < 1.29 is 13.2 Å². The maximum atomic E-state index is 12.3. The van der Waals surface area contributed by atoms with Crippen LogP contribution in [-0.4, -0.2) is 47.7 Å². The second-order valence-electron chi connectivity index (χ2n) is 4.13. The van der Waals surface area contributed by atoms with Gasteiger partial charge >= 0.3 is 0 Å². The SMILES string of the molecule is CCc1ncc(S(=O)(=O)N2CCNC(=O)C2C)[nH]1. The van der Waals surface area contributed by atoms with Gasteiger partial charge in [-0.1, -0.05) is 6.92 Å². The highest BCUT2D eigenvalue weighted by atomic mass is 32.2. The third kappa shape index (κ3) is 2.13. The fourth-order valence-electron chi connectivity index (χ4n) is 1.87. The maximum Gasteiger partial charge on any atom is 0.260 e. The zero-order valence-corrected chi connectivity index (χ0v) is 11.1. The Hall–Kier alpha value is -1.41. The van der Waals surface area contributed by atoms with Gasteiger partial charge in [-0.25, -0.2) is 13.4 Å². The molecule has 18 heavy (non-hydrogen) atoms. The summed E-state index contributed by atoms with van der Waals surface area (Å²) >= 11 is 0. The first-order chi connectivity index (χ1) is 8.46. The first kappa shape index (κ1) is 13.0. The van der Waals surface area contributed by atoms with Crippen molar-refractivity contribution in [1.29, 1.82) is 0 Å². The largest absolute Gasteiger partial charge is 0.353 e. The number of aromatic amines is 1. The topological polar surface area (TPSA) is 95.2 Å². The normalized spacial score (nSPS) is 21.9. The van der Waals surface area contributed by atoms with Gasteiger partial charge in [-0.15, -0.1) is 0 Å². The first-order valence-corrected chi connectivity index (χ1v) is 7.24. The number of imidazole rings is 1. The molecule has 0 aliphatic carbocycles. The minimum atomic E-state index is -3.68. The quantitative estimate of drug-likeness (QED) is 0.774. The van der Waals surface area contributed by atoms with Gasteiger partial charge in [0.05, 0.1) is 6.20 Å². The molecule has 7 nitrogen and oxygen atoms in total. The summed E-state index contributed by atoms with van der Waals surface area (Å²) < 4.78 is 25.9. The molecule has 1 saturated heterocycles. The molecule has 0 bridgehead atoms. The molecule has 1 aromatic rings. The summed E-state index contributed by atoms with van der Waals surface area (Å²) in [6.07, 6.45) is 1.93. The van der Waals surface area contributed by atoms with Crippen molar-refractivity contribution in [2.75, 3.05) is 13.1 Å². The van der Waals surface area contributed by atoms with E-state index < -0.39 is 16.1 Å². The maximum absolute atomic E-state index is 12.3. The van der Waals surface area contributed by atoms with Crippen LogP contribution in [0, 0.1) is 0 Å². The zero-order valence-electron chi connectivity index (χ0n) is 10.3. The van der Waals surface area contributed by atoms with Crippen LogP contribution in [0.3, 0.4) is 0 Å². The van der Waals surface area contributed by atoms with Gasteiger partial charge in [-0.3, -0.25) is 4.79 Å². The molecule has 1 amide bonds. The monoisotopic (exact) mass is 272 g/mol. The number of hydrogen-bond donors (Lipinski definition) is 2. The summed E-state index contributed by atoms with van der Waals surface area (Å²) in [5, 5.41) is 2.67. The Morgan fingerprint density at radius 2 is 2.28 bits per heavy atom. The summed E-state index contributed by atoms with van der Waals surface area (Å²) in [6.45, 7) is 4.06. The molecule has 1 aliphatic rings. The van der Waals surface area contributed by atoms with E-state index in [1.54, 1.807) is 6.92 Å². The lowest BCUT2D eigenvalue weighted by Crippen LogP contribution is -2.55. The molecule has 100 valence electrons. The number of carbonyl (C=O) groups excluding carboxylic acids is 1. The number of rotatable bonds is 3. The van der Waals surface area contributed by atoms with Crippen LogP contribution in [-0.2, 0) is 21.2 Å². The molecule has 1 fully saturated rings.